The Balaban J connectivity index is 2.89. The van der Waals surface area contributed by atoms with Gasteiger partial charge in [0.25, 0.3) is 0 Å². The number of anilines is 2. The lowest BCUT2D eigenvalue weighted by Crippen LogP contribution is -2.07. The van der Waals surface area contributed by atoms with Crippen LogP contribution >= 0.6 is 0 Å². The highest BCUT2D eigenvalue weighted by Gasteiger charge is 2.02. The van der Waals surface area contributed by atoms with Crippen molar-refractivity contribution in [2.75, 3.05) is 18.2 Å². The van der Waals surface area contributed by atoms with Crippen LogP contribution in [0.5, 0.6) is 5.88 Å². The van der Waals surface area contributed by atoms with E-state index in [0.29, 0.717) is 17.3 Å². The summed E-state index contributed by atoms with van der Waals surface area (Å²) in [6.07, 6.45) is 1.48. The van der Waals surface area contributed by atoms with E-state index in [4.69, 9.17) is 10.5 Å². The Morgan fingerprint density at radius 2 is 2.38 bits per heavy atom. The van der Waals surface area contributed by atoms with E-state index < -0.39 is 0 Å². The first kappa shape index (κ1) is 9.31. The third-order valence-electron chi connectivity index (χ3n) is 1.39. The fraction of sp³-hybridized carbons (Fsp3) is 0.250. The average Bonchev–Trinajstić information content (AvgIpc) is 2.03. The number of aromatic nitrogens is 1. The minimum Gasteiger partial charge on any atom is -0.480 e. The first-order chi connectivity index (χ1) is 6.13. The predicted octanol–water partition coefficient (Wildman–Crippen LogP) is 0.631. The highest BCUT2D eigenvalue weighted by atomic mass is 16.5. The second-order valence-electron chi connectivity index (χ2n) is 2.50. The van der Waals surface area contributed by atoms with Crippen molar-refractivity contribution in [1.82, 2.24) is 4.98 Å². The lowest BCUT2D eigenvalue weighted by atomic mass is 10.3. The lowest BCUT2D eigenvalue weighted by Gasteiger charge is -2.05. The summed E-state index contributed by atoms with van der Waals surface area (Å²) in [6.45, 7) is 1.42. The van der Waals surface area contributed by atoms with Gasteiger partial charge in [-0.1, -0.05) is 0 Å². The van der Waals surface area contributed by atoms with Crippen molar-refractivity contribution in [3.05, 3.63) is 12.3 Å². The molecule has 0 saturated carbocycles. The van der Waals surface area contributed by atoms with Crippen molar-refractivity contribution in [3.8, 4) is 5.88 Å². The van der Waals surface area contributed by atoms with Crippen molar-refractivity contribution >= 4 is 17.3 Å². The summed E-state index contributed by atoms with van der Waals surface area (Å²) in [5.41, 5.74) is 6.53. The maximum atomic E-state index is 10.7. The zero-order valence-electron chi connectivity index (χ0n) is 7.50. The number of hydrogen-bond acceptors (Lipinski definition) is 4. The molecular formula is C8H11N3O2. The molecule has 0 aromatic carbocycles. The molecule has 3 N–H and O–H groups in total. The molecule has 0 aliphatic heterocycles. The molecule has 0 unspecified atom stereocenters. The molecule has 0 atom stereocenters. The third kappa shape index (κ3) is 2.33. The molecule has 13 heavy (non-hydrogen) atoms. The first-order valence-corrected chi connectivity index (χ1v) is 3.70. The smallest absolute Gasteiger partial charge is 0.236 e. The van der Waals surface area contributed by atoms with Crippen molar-refractivity contribution in [3.63, 3.8) is 0 Å². The maximum absolute atomic E-state index is 10.7. The largest absolute Gasteiger partial charge is 0.480 e. The quantitative estimate of drug-likeness (QED) is 0.701. The third-order valence-corrected chi connectivity index (χ3v) is 1.39. The van der Waals surface area contributed by atoms with E-state index >= 15 is 0 Å². The van der Waals surface area contributed by atoms with Gasteiger partial charge in [0, 0.05) is 6.92 Å². The molecule has 1 amide bonds. The molecule has 70 valence electrons. The molecule has 1 rings (SSSR count). The molecule has 1 heterocycles. The second kappa shape index (κ2) is 3.75. The highest BCUT2D eigenvalue weighted by Crippen LogP contribution is 2.20. The van der Waals surface area contributed by atoms with Crippen LogP contribution in [0.2, 0.25) is 0 Å². The summed E-state index contributed by atoms with van der Waals surface area (Å²) >= 11 is 0. The fourth-order valence-corrected chi connectivity index (χ4v) is 0.911. The van der Waals surface area contributed by atoms with Crippen molar-refractivity contribution in [2.24, 2.45) is 0 Å². The summed E-state index contributed by atoms with van der Waals surface area (Å²) in [4.78, 5) is 14.6. The summed E-state index contributed by atoms with van der Waals surface area (Å²) in [7, 11) is 1.48. The Morgan fingerprint density at radius 3 is 2.85 bits per heavy atom. The van der Waals surface area contributed by atoms with Crippen LogP contribution in [-0.2, 0) is 4.79 Å². The van der Waals surface area contributed by atoms with Crippen LogP contribution in [0.25, 0.3) is 0 Å². The van der Waals surface area contributed by atoms with E-state index in [1.54, 1.807) is 6.07 Å². The first-order valence-electron chi connectivity index (χ1n) is 3.70. The number of methoxy groups -OCH3 is 1. The average molecular weight is 181 g/mol. The predicted molar refractivity (Wildman–Crippen MR) is 49.5 cm³/mol. The molecule has 1 aromatic rings. The molecule has 0 bridgehead atoms. The number of nitrogens with one attached hydrogen (secondary N) is 1. The van der Waals surface area contributed by atoms with Gasteiger partial charge in [-0.3, -0.25) is 4.79 Å². The molecule has 0 saturated heterocycles. The van der Waals surface area contributed by atoms with Gasteiger partial charge in [0.2, 0.25) is 11.8 Å². The van der Waals surface area contributed by atoms with E-state index in [0.717, 1.165) is 0 Å². The maximum Gasteiger partial charge on any atom is 0.236 e. The molecule has 5 heteroatoms. The Morgan fingerprint density at radius 1 is 1.69 bits per heavy atom. The van der Waals surface area contributed by atoms with Crippen molar-refractivity contribution in [1.29, 1.82) is 0 Å². The minimum absolute atomic E-state index is 0.161. The van der Waals surface area contributed by atoms with Crippen molar-refractivity contribution in [2.45, 2.75) is 6.92 Å². The van der Waals surface area contributed by atoms with Gasteiger partial charge in [-0.15, -0.1) is 0 Å². The van der Waals surface area contributed by atoms with Crippen LogP contribution in [-0.4, -0.2) is 18.0 Å². The number of ether oxygens (including phenoxy) is 1. The van der Waals surface area contributed by atoms with Gasteiger partial charge in [-0.2, -0.15) is 0 Å². The Kier molecular flexibility index (Phi) is 2.69. The number of carbonyl (C=O) groups is 1. The van der Waals surface area contributed by atoms with Gasteiger partial charge in [0.05, 0.1) is 24.7 Å². The molecule has 1 aromatic heterocycles. The van der Waals surface area contributed by atoms with Gasteiger partial charge >= 0.3 is 0 Å². The van der Waals surface area contributed by atoms with E-state index in [1.165, 1.54) is 20.2 Å². The van der Waals surface area contributed by atoms with Gasteiger partial charge in [0.15, 0.2) is 0 Å². The van der Waals surface area contributed by atoms with Crippen LogP contribution in [0.3, 0.4) is 0 Å². The minimum atomic E-state index is -0.161. The molecule has 0 fully saturated rings. The van der Waals surface area contributed by atoms with Crippen molar-refractivity contribution < 1.29 is 9.53 Å². The number of nitrogens with zero attached hydrogens (tertiary/aromatic N) is 1. The topological polar surface area (TPSA) is 77.2 Å². The molecule has 0 aliphatic carbocycles. The number of hydrogen-bond donors (Lipinski definition) is 2. The number of rotatable bonds is 2. The number of carbonyl (C=O) groups excluding carboxylic acids is 1. The second-order valence-corrected chi connectivity index (χ2v) is 2.50. The van der Waals surface area contributed by atoms with Gasteiger partial charge < -0.3 is 15.8 Å². The van der Waals surface area contributed by atoms with E-state index in [9.17, 15) is 4.79 Å². The monoisotopic (exact) mass is 181 g/mol. The zero-order valence-corrected chi connectivity index (χ0v) is 7.50. The summed E-state index contributed by atoms with van der Waals surface area (Å²) < 4.78 is 4.86. The van der Waals surface area contributed by atoms with Gasteiger partial charge in [-0.05, 0) is 6.07 Å². The zero-order chi connectivity index (χ0) is 9.84. The normalized spacial score (nSPS) is 9.38. The number of amides is 1. The summed E-state index contributed by atoms with van der Waals surface area (Å²) in [6, 6.07) is 1.59. The molecule has 5 nitrogen and oxygen atoms in total. The van der Waals surface area contributed by atoms with Crippen LogP contribution < -0.4 is 15.8 Å². The van der Waals surface area contributed by atoms with E-state index in [1.807, 2.05) is 0 Å². The standard InChI is InChI=1S/C8H11N3O2/c1-5(12)11-6-3-7(9)8(13-2)10-4-6/h3-4H,9H2,1-2H3,(H,11,12). The highest BCUT2D eigenvalue weighted by molar-refractivity contribution is 5.89. The Hall–Kier alpha value is -1.78. The van der Waals surface area contributed by atoms with Crippen LogP contribution in [0.15, 0.2) is 12.3 Å². The number of nitrogen functional groups attached to an aromatic ring is 1. The lowest BCUT2D eigenvalue weighted by molar-refractivity contribution is -0.114. The van der Waals surface area contributed by atoms with Crippen LogP contribution in [0.1, 0.15) is 6.92 Å². The molecule has 0 radical (unpaired) electrons. The van der Waals surface area contributed by atoms with Crippen LogP contribution in [0.4, 0.5) is 11.4 Å². The van der Waals surface area contributed by atoms with Gasteiger partial charge in [-0.25, -0.2) is 4.98 Å². The van der Waals surface area contributed by atoms with E-state index in [-0.39, 0.29) is 5.91 Å². The van der Waals surface area contributed by atoms with E-state index in [2.05, 4.69) is 10.3 Å². The fourth-order valence-electron chi connectivity index (χ4n) is 0.911. The summed E-state index contributed by atoms with van der Waals surface area (Å²) in [5.74, 6) is 0.195. The van der Waals surface area contributed by atoms with Crippen LogP contribution in [0, 0.1) is 0 Å². The molecule has 0 spiro atoms. The number of nitrogens with two attached hydrogens (primary N) is 1. The number of pyridine rings is 1. The van der Waals surface area contributed by atoms with Gasteiger partial charge in [0.1, 0.15) is 0 Å². The Labute approximate surface area is 75.9 Å². The Bertz CT molecular complexity index is 325. The molecular weight excluding hydrogens is 170 g/mol. The molecule has 0 aliphatic rings. The summed E-state index contributed by atoms with van der Waals surface area (Å²) in [5, 5.41) is 2.56. The SMILES string of the molecule is COc1ncc(NC(C)=O)cc1N.